The molecule has 0 aliphatic carbocycles. The van der Waals surface area contributed by atoms with Crippen molar-refractivity contribution >= 4 is 23.1 Å². The van der Waals surface area contributed by atoms with Crippen LogP contribution in [0, 0.1) is 13.8 Å². The maximum Gasteiger partial charge on any atom is 0.150 e. The zero-order valence-corrected chi connectivity index (χ0v) is 10.2. The molecule has 0 aliphatic heterocycles. The molecule has 0 saturated heterocycles. The van der Waals surface area contributed by atoms with Crippen molar-refractivity contribution in [2.75, 3.05) is 5.75 Å². The minimum absolute atomic E-state index is 1.04. The SMILES string of the molecule is CC(C)=CCSc1nc(C)c(C)s1. The molecule has 0 N–H and O–H groups in total. The highest BCUT2D eigenvalue weighted by Crippen LogP contribution is 2.26. The normalized spacial score (nSPS) is 10.2. The number of hydrogen-bond donors (Lipinski definition) is 0. The summed E-state index contributed by atoms with van der Waals surface area (Å²) in [4.78, 5) is 5.79. The van der Waals surface area contributed by atoms with Crippen LogP contribution in [0.15, 0.2) is 16.0 Å². The van der Waals surface area contributed by atoms with Gasteiger partial charge in [-0.3, -0.25) is 0 Å². The Bertz CT molecular complexity index is 289. The van der Waals surface area contributed by atoms with E-state index in [2.05, 4.69) is 38.8 Å². The van der Waals surface area contributed by atoms with E-state index in [-0.39, 0.29) is 0 Å². The molecular weight excluding hydrogens is 198 g/mol. The van der Waals surface area contributed by atoms with E-state index in [4.69, 9.17) is 0 Å². The third kappa shape index (κ3) is 3.53. The van der Waals surface area contributed by atoms with Crippen molar-refractivity contribution in [3.63, 3.8) is 0 Å². The molecule has 1 heterocycles. The Labute approximate surface area is 88.3 Å². The van der Waals surface area contributed by atoms with E-state index >= 15 is 0 Å². The molecule has 13 heavy (non-hydrogen) atoms. The van der Waals surface area contributed by atoms with Gasteiger partial charge in [0.2, 0.25) is 0 Å². The second kappa shape index (κ2) is 4.82. The predicted octanol–water partition coefficient (Wildman–Crippen LogP) is 3.82. The molecule has 0 fully saturated rings. The number of thioether (sulfide) groups is 1. The monoisotopic (exact) mass is 213 g/mol. The fraction of sp³-hybridized carbons (Fsp3) is 0.500. The van der Waals surface area contributed by atoms with Crippen LogP contribution in [-0.4, -0.2) is 10.7 Å². The summed E-state index contributed by atoms with van der Waals surface area (Å²) < 4.78 is 1.19. The Kier molecular flexibility index (Phi) is 4.00. The third-order valence-electron chi connectivity index (χ3n) is 1.71. The number of allylic oxidation sites excluding steroid dienone is 1. The molecule has 1 rings (SSSR count). The van der Waals surface area contributed by atoms with Crippen molar-refractivity contribution in [3.8, 4) is 0 Å². The van der Waals surface area contributed by atoms with Crippen LogP contribution in [0.4, 0.5) is 0 Å². The summed E-state index contributed by atoms with van der Waals surface area (Å²) in [7, 11) is 0. The number of thiazole rings is 1. The van der Waals surface area contributed by atoms with Gasteiger partial charge in [0.25, 0.3) is 0 Å². The van der Waals surface area contributed by atoms with Gasteiger partial charge in [-0.25, -0.2) is 4.98 Å². The van der Waals surface area contributed by atoms with Crippen LogP contribution in [0.25, 0.3) is 0 Å². The lowest BCUT2D eigenvalue weighted by atomic mass is 10.3. The van der Waals surface area contributed by atoms with Crippen molar-refractivity contribution in [1.82, 2.24) is 4.98 Å². The zero-order valence-electron chi connectivity index (χ0n) is 8.55. The van der Waals surface area contributed by atoms with E-state index in [1.54, 1.807) is 11.3 Å². The Morgan fingerprint density at radius 2 is 2.15 bits per heavy atom. The van der Waals surface area contributed by atoms with Gasteiger partial charge in [0, 0.05) is 10.6 Å². The highest BCUT2D eigenvalue weighted by molar-refractivity contribution is 8.01. The van der Waals surface area contributed by atoms with Gasteiger partial charge in [0.05, 0.1) is 5.69 Å². The summed E-state index contributed by atoms with van der Waals surface area (Å²) in [5, 5.41) is 0. The maximum absolute atomic E-state index is 4.46. The van der Waals surface area contributed by atoms with E-state index < -0.39 is 0 Å². The Hall–Kier alpha value is -0.280. The molecule has 72 valence electrons. The number of rotatable bonds is 3. The summed E-state index contributed by atoms with van der Waals surface area (Å²) in [5.41, 5.74) is 2.54. The topological polar surface area (TPSA) is 12.9 Å². The van der Waals surface area contributed by atoms with Crippen molar-refractivity contribution in [1.29, 1.82) is 0 Å². The van der Waals surface area contributed by atoms with Crippen LogP contribution in [-0.2, 0) is 0 Å². The summed E-state index contributed by atoms with van der Waals surface area (Å²) in [6.45, 7) is 8.44. The highest BCUT2D eigenvalue weighted by Gasteiger charge is 2.02. The number of aryl methyl sites for hydroxylation is 2. The summed E-state index contributed by atoms with van der Waals surface area (Å²) in [5.74, 6) is 1.04. The standard InChI is InChI=1S/C10H15NS2/c1-7(2)5-6-12-10-11-8(3)9(4)13-10/h5H,6H2,1-4H3. The molecule has 0 radical (unpaired) electrons. The molecule has 0 aromatic carbocycles. The molecular formula is C10H15NS2. The Balaban J connectivity index is 2.51. The first kappa shape index (κ1) is 10.8. The van der Waals surface area contributed by atoms with Gasteiger partial charge in [-0.05, 0) is 27.7 Å². The first-order chi connectivity index (χ1) is 6.09. The summed E-state index contributed by atoms with van der Waals surface area (Å²) >= 11 is 3.60. The first-order valence-corrected chi connectivity index (χ1v) is 6.10. The largest absolute Gasteiger partial charge is 0.235 e. The third-order valence-corrected chi connectivity index (χ3v) is 3.85. The average molecular weight is 213 g/mol. The number of nitrogens with zero attached hydrogens (tertiary/aromatic N) is 1. The van der Waals surface area contributed by atoms with Crippen molar-refractivity contribution in [2.24, 2.45) is 0 Å². The van der Waals surface area contributed by atoms with E-state index in [0.717, 1.165) is 5.75 Å². The summed E-state index contributed by atoms with van der Waals surface area (Å²) in [6, 6.07) is 0. The van der Waals surface area contributed by atoms with Gasteiger partial charge in [0.15, 0.2) is 4.34 Å². The van der Waals surface area contributed by atoms with E-state index in [1.165, 1.54) is 20.5 Å². The van der Waals surface area contributed by atoms with E-state index in [9.17, 15) is 0 Å². The Morgan fingerprint density at radius 1 is 1.46 bits per heavy atom. The van der Waals surface area contributed by atoms with Gasteiger partial charge >= 0.3 is 0 Å². The second-order valence-electron chi connectivity index (χ2n) is 3.21. The Morgan fingerprint density at radius 3 is 2.62 bits per heavy atom. The summed E-state index contributed by atoms with van der Waals surface area (Å²) in [6.07, 6.45) is 2.23. The van der Waals surface area contributed by atoms with Crippen LogP contribution in [0.5, 0.6) is 0 Å². The fourth-order valence-corrected chi connectivity index (χ4v) is 3.00. The lowest BCUT2D eigenvalue weighted by molar-refractivity contribution is 1.14. The molecule has 0 atom stereocenters. The molecule has 0 aliphatic rings. The highest BCUT2D eigenvalue weighted by atomic mass is 32.2. The van der Waals surface area contributed by atoms with Crippen molar-refractivity contribution in [3.05, 3.63) is 22.2 Å². The molecule has 1 nitrogen and oxygen atoms in total. The van der Waals surface area contributed by atoms with Gasteiger partial charge in [-0.1, -0.05) is 23.4 Å². The molecule has 1 aromatic heterocycles. The molecule has 0 saturated carbocycles. The van der Waals surface area contributed by atoms with Gasteiger partial charge in [-0.2, -0.15) is 0 Å². The minimum atomic E-state index is 1.04. The molecule has 0 spiro atoms. The number of aromatic nitrogens is 1. The average Bonchev–Trinajstić information content (AvgIpc) is 2.30. The predicted molar refractivity (Wildman–Crippen MR) is 61.7 cm³/mol. The van der Waals surface area contributed by atoms with Crippen LogP contribution < -0.4 is 0 Å². The smallest absolute Gasteiger partial charge is 0.150 e. The minimum Gasteiger partial charge on any atom is -0.235 e. The molecule has 0 bridgehead atoms. The lowest BCUT2D eigenvalue weighted by Gasteiger charge is -1.91. The second-order valence-corrected chi connectivity index (χ2v) is 5.68. The molecule has 1 aromatic rings. The van der Waals surface area contributed by atoms with Crippen LogP contribution in [0.1, 0.15) is 24.4 Å². The van der Waals surface area contributed by atoms with Crippen LogP contribution in [0.3, 0.4) is 0 Å². The maximum atomic E-state index is 4.46. The van der Waals surface area contributed by atoms with Crippen molar-refractivity contribution in [2.45, 2.75) is 32.0 Å². The van der Waals surface area contributed by atoms with Gasteiger partial charge < -0.3 is 0 Å². The fourth-order valence-electron chi connectivity index (χ4n) is 0.785. The van der Waals surface area contributed by atoms with E-state index in [0.29, 0.717) is 0 Å². The quantitative estimate of drug-likeness (QED) is 0.559. The number of hydrogen-bond acceptors (Lipinski definition) is 3. The van der Waals surface area contributed by atoms with Crippen LogP contribution in [0.2, 0.25) is 0 Å². The van der Waals surface area contributed by atoms with Gasteiger partial charge in [0.1, 0.15) is 0 Å². The zero-order chi connectivity index (χ0) is 9.84. The molecule has 3 heteroatoms. The van der Waals surface area contributed by atoms with Crippen molar-refractivity contribution < 1.29 is 0 Å². The molecule has 0 amide bonds. The van der Waals surface area contributed by atoms with Gasteiger partial charge in [-0.15, -0.1) is 11.3 Å². The lowest BCUT2D eigenvalue weighted by Crippen LogP contribution is -1.75. The van der Waals surface area contributed by atoms with Crippen LogP contribution >= 0.6 is 23.1 Å². The molecule has 0 unspecified atom stereocenters. The van der Waals surface area contributed by atoms with E-state index in [1.807, 2.05) is 11.8 Å². The first-order valence-electron chi connectivity index (χ1n) is 4.30.